The number of amides is 2. The molecule has 0 aromatic carbocycles. The molecule has 1 aliphatic rings. The predicted molar refractivity (Wildman–Crippen MR) is 79.6 cm³/mol. The lowest BCUT2D eigenvalue weighted by Gasteiger charge is -2.22. The van der Waals surface area contributed by atoms with Crippen LogP contribution in [-0.2, 0) is 14.6 Å². The maximum atomic E-state index is 12.5. The van der Waals surface area contributed by atoms with Crippen LogP contribution in [0.5, 0.6) is 0 Å². The second-order valence-corrected chi connectivity index (χ2v) is 8.05. The lowest BCUT2D eigenvalue weighted by atomic mass is 10.2. The minimum Gasteiger partial charge on any atom is -0.382 e. The van der Waals surface area contributed by atoms with Crippen LogP contribution < -0.4 is 4.90 Å². The number of anilines is 1. The minimum atomic E-state index is -3.51. The summed E-state index contributed by atoms with van der Waals surface area (Å²) in [6.07, 6.45) is 0.563. The second kappa shape index (κ2) is 6.44. The van der Waals surface area contributed by atoms with Gasteiger partial charge in [0.15, 0.2) is 6.23 Å². The minimum absolute atomic E-state index is 0.0534. The molecule has 1 aromatic heterocycles. The number of carbonyl (C=O) groups excluding carboxylic acids is 1. The first-order chi connectivity index (χ1) is 10.3. The molecule has 2 atom stereocenters. The molecule has 2 rings (SSSR count). The lowest BCUT2D eigenvalue weighted by Crippen LogP contribution is -2.41. The van der Waals surface area contributed by atoms with Gasteiger partial charge in [-0.3, -0.25) is 0 Å². The van der Waals surface area contributed by atoms with E-state index in [0.29, 0.717) is 6.54 Å². The van der Waals surface area contributed by atoms with Crippen molar-refractivity contribution in [1.29, 1.82) is 0 Å². The van der Waals surface area contributed by atoms with E-state index in [1.165, 1.54) is 12.0 Å². The number of sulfone groups is 1. The highest BCUT2D eigenvalue weighted by atomic mass is 32.2. The zero-order chi connectivity index (χ0) is 16.5. The van der Waals surface area contributed by atoms with Gasteiger partial charge in [0.1, 0.15) is 6.04 Å². The molecule has 2 heterocycles. The van der Waals surface area contributed by atoms with E-state index in [9.17, 15) is 18.3 Å². The molecule has 22 heavy (non-hydrogen) atoms. The Bertz CT molecular complexity index is 647. The van der Waals surface area contributed by atoms with E-state index in [2.05, 4.69) is 10.2 Å². The SMILES string of the molecule is CCCN1C(=O)N(c2nnc(S(C)(=O)=O)s2)C(O)C1COC. The van der Waals surface area contributed by atoms with E-state index in [1.807, 2.05) is 6.92 Å². The molecule has 0 spiro atoms. The van der Waals surface area contributed by atoms with E-state index in [1.54, 1.807) is 0 Å². The molecule has 0 saturated carbocycles. The summed E-state index contributed by atoms with van der Waals surface area (Å²) in [6, 6.07) is -0.976. The van der Waals surface area contributed by atoms with Crippen LogP contribution in [0.25, 0.3) is 0 Å². The normalized spacial score (nSPS) is 22.6. The summed E-state index contributed by atoms with van der Waals surface area (Å²) in [5.41, 5.74) is 0. The van der Waals surface area contributed by atoms with Gasteiger partial charge in [-0.25, -0.2) is 18.1 Å². The third-order valence-electron chi connectivity index (χ3n) is 3.18. The quantitative estimate of drug-likeness (QED) is 0.714. The Kier molecular flexibility index (Phi) is 5.00. The van der Waals surface area contributed by atoms with Crippen molar-refractivity contribution in [3.8, 4) is 0 Å². The predicted octanol–water partition coefficient (Wildman–Crippen LogP) is -0.0730. The van der Waals surface area contributed by atoms with Crippen LogP contribution in [-0.4, -0.2) is 73.4 Å². The molecule has 9 nitrogen and oxygen atoms in total. The number of aromatic nitrogens is 2. The number of ether oxygens (including phenoxy) is 1. The van der Waals surface area contributed by atoms with Crippen LogP contribution >= 0.6 is 11.3 Å². The van der Waals surface area contributed by atoms with Crippen molar-refractivity contribution in [3.05, 3.63) is 0 Å². The lowest BCUT2D eigenvalue weighted by molar-refractivity contribution is 0.0554. The first kappa shape index (κ1) is 17.1. The van der Waals surface area contributed by atoms with Crippen molar-refractivity contribution in [2.24, 2.45) is 0 Å². The van der Waals surface area contributed by atoms with Crippen LogP contribution in [0.2, 0.25) is 0 Å². The maximum absolute atomic E-state index is 12.5. The molecule has 2 amide bonds. The Balaban J connectivity index is 2.34. The Hall–Kier alpha value is -1.30. The van der Waals surface area contributed by atoms with E-state index < -0.39 is 28.1 Å². The molecule has 2 unspecified atom stereocenters. The Labute approximate surface area is 132 Å². The molecule has 0 radical (unpaired) electrons. The first-order valence-corrected chi connectivity index (χ1v) is 9.32. The number of aliphatic hydroxyl groups excluding tert-OH is 1. The van der Waals surface area contributed by atoms with E-state index in [-0.39, 0.29) is 16.1 Å². The molecule has 1 aliphatic heterocycles. The third-order valence-corrected chi connectivity index (χ3v) is 5.77. The number of aliphatic hydroxyl groups is 1. The fourth-order valence-electron chi connectivity index (χ4n) is 2.22. The fraction of sp³-hybridized carbons (Fsp3) is 0.727. The number of rotatable bonds is 6. The highest BCUT2D eigenvalue weighted by molar-refractivity contribution is 7.92. The number of hydrogen-bond donors (Lipinski definition) is 1. The van der Waals surface area contributed by atoms with Gasteiger partial charge >= 0.3 is 6.03 Å². The average molecular weight is 350 g/mol. The summed E-state index contributed by atoms with van der Waals surface area (Å²) >= 11 is 0.752. The second-order valence-electron chi connectivity index (χ2n) is 4.90. The fourth-order valence-corrected chi connectivity index (χ4v) is 3.84. The number of hydrogen-bond acceptors (Lipinski definition) is 8. The van der Waals surface area contributed by atoms with E-state index in [0.717, 1.165) is 28.9 Å². The highest BCUT2D eigenvalue weighted by Crippen LogP contribution is 2.31. The molecular formula is C11H18N4O5S2. The standard InChI is InChI=1S/C11H18N4O5S2/c1-4-5-14-7(6-20-2)8(16)15(11(14)17)9-12-13-10(21-9)22(3,18)19/h7-8,16H,4-6H2,1-3H3. The summed E-state index contributed by atoms with van der Waals surface area (Å²) in [5, 5.41) is 17.7. The molecular weight excluding hydrogens is 332 g/mol. The summed E-state index contributed by atoms with van der Waals surface area (Å²) in [7, 11) is -2.02. The van der Waals surface area contributed by atoms with Crippen LogP contribution in [0.1, 0.15) is 13.3 Å². The van der Waals surface area contributed by atoms with Gasteiger partial charge in [-0.05, 0) is 6.42 Å². The number of nitrogens with zero attached hydrogens (tertiary/aromatic N) is 4. The molecule has 0 aliphatic carbocycles. The third kappa shape index (κ3) is 3.07. The van der Waals surface area contributed by atoms with Gasteiger partial charge in [0.05, 0.1) is 6.61 Å². The first-order valence-electron chi connectivity index (χ1n) is 6.61. The largest absolute Gasteiger partial charge is 0.382 e. The van der Waals surface area contributed by atoms with Gasteiger partial charge in [0.25, 0.3) is 0 Å². The van der Waals surface area contributed by atoms with Crippen molar-refractivity contribution < 1.29 is 23.1 Å². The number of urea groups is 1. The summed E-state index contributed by atoms with van der Waals surface area (Å²) in [4.78, 5) is 15.0. The van der Waals surface area contributed by atoms with Crippen LogP contribution in [0.15, 0.2) is 4.34 Å². The van der Waals surface area contributed by atoms with Crippen molar-refractivity contribution in [3.63, 3.8) is 0 Å². The van der Waals surface area contributed by atoms with Crippen molar-refractivity contribution >= 4 is 32.3 Å². The van der Waals surface area contributed by atoms with E-state index >= 15 is 0 Å². The van der Waals surface area contributed by atoms with Crippen LogP contribution in [0.3, 0.4) is 0 Å². The zero-order valence-electron chi connectivity index (χ0n) is 12.5. The Morgan fingerprint density at radius 1 is 1.41 bits per heavy atom. The molecule has 1 saturated heterocycles. The Morgan fingerprint density at radius 3 is 2.59 bits per heavy atom. The van der Waals surface area contributed by atoms with Gasteiger partial charge in [-0.2, -0.15) is 0 Å². The molecule has 1 N–H and O–H groups in total. The van der Waals surface area contributed by atoms with Gasteiger partial charge in [-0.1, -0.05) is 18.3 Å². The van der Waals surface area contributed by atoms with Crippen molar-refractivity contribution in [2.45, 2.75) is 30.0 Å². The Morgan fingerprint density at radius 2 is 2.09 bits per heavy atom. The van der Waals surface area contributed by atoms with Crippen LogP contribution in [0, 0.1) is 0 Å². The maximum Gasteiger partial charge on any atom is 0.329 e. The van der Waals surface area contributed by atoms with Gasteiger partial charge in [0, 0.05) is 19.9 Å². The van der Waals surface area contributed by atoms with Crippen molar-refractivity contribution in [2.75, 3.05) is 31.4 Å². The molecule has 11 heteroatoms. The van der Waals surface area contributed by atoms with Gasteiger partial charge < -0.3 is 14.7 Å². The number of methoxy groups -OCH3 is 1. The summed E-state index contributed by atoms with van der Waals surface area (Å²) in [6.45, 7) is 2.54. The molecule has 124 valence electrons. The van der Waals surface area contributed by atoms with Gasteiger partial charge in [-0.15, -0.1) is 10.2 Å². The molecule has 0 bridgehead atoms. The smallest absolute Gasteiger partial charge is 0.329 e. The van der Waals surface area contributed by atoms with Gasteiger partial charge in [0.2, 0.25) is 19.3 Å². The summed E-state index contributed by atoms with van der Waals surface area (Å²) < 4.78 is 27.8. The molecule has 1 aromatic rings. The van der Waals surface area contributed by atoms with E-state index in [4.69, 9.17) is 4.74 Å². The zero-order valence-corrected chi connectivity index (χ0v) is 14.1. The monoisotopic (exact) mass is 350 g/mol. The highest BCUT2D eigenvalue weighted by Gasteiger charge is 2.46. The van der Waals surface area contributed by atoms with Crippen molar-refractivity contribution in [1.82, 2.24) is 15.1 Å². The summed E-state index contributed by atoms with van der Waals surface area (Å²) in [5.74, 6) is 0. The topological polar surface area (TPSA) is 113 Å². The number of carbonyl (C=O) groups is 1. The average Bonchev–Trinajstić information content (AvgIpc) is 2.98. The molecule has 1 fully saturated rings. The van der Waals surface area contributed by atoms with Crippen LogP contribution in [0.4, 0.5) is 9.93 Å².